The van der Waals surface area contributed by atoms with Crippen molar-refractivity contribution in [2.24, 2.45) is 5.73 Å². The summed E-state index contributed by atoms with van der Waals surface area (Å²) in [6.45, 7) is 3.68. The number of hydrogen-bond acceptors (Lipinski definition) is 2. The fourth-order valence-corrected chi connectivity index (χ4v) is 1.02. The van der Waals surface area contributed by atoms with E-state index in [9.17, 15) is 4.39 Å². The molecule has 13 heavy (non-hydrogen) atoms. The van der Waals surface area contributed by atoms with Crippen molar-refractivity contribution in [2.45, 2.75) is 18.9 Å². The van der Waals surface area contributed by atoms with E-state index in [0.717, 1.165) is 18.4 Å². The van der Waals surface area contributed by atoms with Gasteiger partial charge in [-0.1, -0.05) is 6.42 Å². The molecule has 1 atom stereocenters. The predicted octanol–water partition coefficient (Wildman–Crippen LogP) is 1.83. The molecule has 0 amide bonds. The first kappa shape index (κ1) is 13.1. The summed E-state index contributed by atoms with van der Waals surface area (Å²) in [6.07, 6.45) is 4.26. The van der Waals surface area contributed by atoms with Crippen molar-refractivity contribution in [1.29, 1.82) is 0 Å². The minimum atomic E-state index is -0.341. The Bertz CT molecular complexity index is 255. The van der Waals surface area contributed by atoms with E-state index in [-0.39, 0.29) is 43.0 Å². The fraction of sp³-hybridized carbons (Fsp3) is 0.333. The second-order valence-electron chi connectivity index (χ2n) is 2.69. The first-order valence-corrected chi connectivity index (χ1v) is 3.89. The maximum Gasteiger partial charge on any atom is 0.141 e. The Labute approximate surface area is 101 Å². The van der Waals surface area contributed by atoms with Crippen molar-refractivity contribution >= 4 is 0 Å². The molecule has 1 aromatic rings. The summed E-state index contributed by atoms with van der Waals surface area (Å²) in [7, 11) is 0. The van der Waals surface area contributed by atoms with Gasteiger partial charge >= 0.3 is 0 Å². The Morgan fingerprint density at radius 3 is 2.77 bits per heavy atom. The zero-order chi connectivity index (χ0) is 8.97. The number of halogens is 1. The van der Waals surface area contributed by atoms with E-state index in [1.165, 1.54) is 12.3 Å². The maximum atomic E-state index is 12.6. The van der Waals surface area contributed by atoms with Gasteiger partial charge in [-0.15, -0.1) is 0 Å². The van der Waals surface area contributed by atoms with E-state index >= 15 is 0 Å². The molecule has 0 fully saturated rings. The van der Waals surface area contributed by atoms with Crippen molar-refractivity contribution in [2.75, 3.05) is 0 Å². The third-order valence-corrected chi connectivity index (χ3v) is 1.67. The summed E-state index contributed by atoms with van der Waals surface area (Å²) in [5.41, 5.74) is 6.46. The van der Waals surface area contributed by atoms with Crippen LogP contribution in [0.4, 0.5) is 4.39 Å². The maximum absolute atomic E-state index is 12.6. The number of pyridine rings is 1. The van der Waals surface area contributed by atoms with Crippen LogP contribution in [-0.4, -0.2) is 4.98 Å². The second-order valence-corrected chi connectivity index (χ2v) is 2.69. The van der Waals surface area contributed by atoms with Gasteiger partial charge in [-0.2, -0.15) is 6.42 Å². The molecule has 0 saturated heterocycles. The zero-order valence-corrected chi connectivity index (χ0v) is 11.5. The molecule has 1 unspecified atom stereocenters. The molecule has 0 aromatic carbocycles. The van der Waals surface area contributed by atoms with Crippen LogP contribution in [0.3, 0.4) is 0 Å². The topological polar surface area (TPSA) is 38.9 Å². The summed E-state index contributed by atoms with van der Waals surface area (Å²) in [4.78, 5) is 3.71. The van der Waals surface area contributed by atoms with Crippen molar-refractivity contribution in [3.63, 3.8) is 0 Å². The minimum absolute atomic E-state index is 0. The molecule has 0 spiro atoms. The monoisotopic (exact) mass is 405 g/mol. The van der Waals surface area contributed by atoms with E-state index in [2.05, 4.69) is 11.9 Å². The Balaban J connectivity index is 0.00000144. The largest absolute Gasteiger partial charge is 0.343 e. The van der Waals surface area contributed by atoms with E-state index in [1.54, 1.807) is 6.20 Å². The quantitative estimate of drug-likeness (QED) is 0.780. The SMILES string of the molecule is [CH2-]CCC(N)c1cncc(F)c1.[U]. The van der Waals surface area contributed by atoms with E-state index in [4.69, 9.17) is 5.73 Å². The molecule has 0 aliphatic rings. The summed E-state index contributed by atoms with van der Waals surface area (Å²) in [5, 5.41) is 0. The first-order valence-electron chi connectivity index (χ1n) is 3.89. The smallest absolute Gasteiger partial charge is 0.141 e. The summed E-state index contributed by atoms with van der Waals surface area (Å²) in [5.74, 6) is -0.341. The summed E-state index contributed by atoms with van der Waals surface area (Å²) in [6, 6.07) is 1.26. The van der Waals surface area contributed by atoms with Gasteiger partial charge in [-0.25, -0.2) is 4.39 Å². The second kappa shape index (κ2) is 6.53. The van der Waals surface area contributed by atoms with Gasteiger partial charge in [-0.05, 0) is 11.6 Å². The number of hydrogen-bond donors (Lipinski definition) is 1. The van der Waals surface area contributed by atoms with Crippen LogP contribution in [0.5, 0.6) is 0 Å². The number of aromatic nitrogens is 1. The number of nitrogens with two attached hydrogens (primary N) is 1. The summed E-state index contributed by atoms with van der Waals surface area (Å²) < 4.78 is 12.6. The van der Waals surface area contributed by atoms with Crippen molar-refractivity contribution in [1.82, 2.24) is 4.98 Å². The summed E-state index contributed by atoms with van der Waals surface area (Å²) >= 11 is 0. The van der Waals surface area contributed by atoms with Crippen molar-refractivity contribution in [3.05, 3.63) is 36.8 Å². The molecule has 2 N–H and O–H groups in total. The van der Waals surface area contributed by atoms with Crippen LogP contribution >= 0.6 is 0 Å². The molecule has 70 valence electrons. The Kier molecular flexibility index (Phi) is 6.58. The van der Waals surface area contributed by atoms with E-state index in [1.807, 2.05) is 0 Å². The van der Waals surface area contributed by atoms with Crippen LogP contribution in [0.25, 0.3) is 0 Å². The standard InChI is InChI=1S/C9H12FN2.U/c1-2-3-9(11)7-4-8(10)6-12-5-7;/h4-6,9H,1-3,11H2;/q-1;. The molecule has 1 heterocycles. The van der Waals surface area contributed by atoms with Crippen LogP contribution in [-0.2, 0) is 0 Å². The molecule has 1 rings (SSSR count). The Morgan fingerprint density at radius 2 is 2.23 bits per heavy atom. The molecule has 0 aliphatic carbocycles. The first-order chi connectivity index (χ1) is 5.74. The van der Waals surface area contributed by atoms with Gasteiger partial charge in [0.05, 0.1) is 6.20 Å². The molecule has 0 saturated carbocycles. The molecule has 0 bridgehead atoms. The average molecular weight is 405 g/mol. The zero-order valence-electron chi connectivity index (χ0n) is 7.33. The average Bonchev–Trinajstić information content (AvgIpc) is 2.05. The van der Waals surface area contributed by atoms with Crippen LogP contribution in [0, 0.1) is 43.9 Å². The van der Waals surface area contributed by atoms with Crippen molar-refractivity contribution in [3.8, 4) is 0 Å². The molecular formula is C9H12FN2U-. The molecule has 2 nitrogen and oxygen atoms in total. The molecule has 0 aliphatic heterocycles. The van der Waals surface area contributed by atoms with Gasteiger partial charge in [0.25, 0.3) is 0 Å². The van der Waals surface area contributed by atoms with Crippen LogP contribution < -0.4 is 5.73 Å². The minimum Gasteiger partial charge on any atom is -0.343 e. The molecular weight excluding hydrogens is 393 g/mol. The molecule has 1 aromatic heterocycles. The van der Waals surface area contributed by atoms with E-state index in [0.29, 0.717) is 0 Å². The Morgan fingerprint density at radius 1 is 1.54 bits per heavy atom. The fourth-order valence-electron chi connectivity index (χ4n) is 1.02. The van der Waals surface area contributed by atoms with Crippen molar-refractivity contribution < 1.29 is 35.5 Å². The van der Waals surface area contributed by atoms with Gasteiger partial charge in [0.2, 0.25) is 0 Å². The number of nitrogens with zero attached hydrogens (tertiary/aromatic N) is 1. The van der Waals surface area contributed by atoms with Crippen LogP contribution in [0.1, 0.15) is 24.4 Å². The predicted molar refractivity (Wildman–Crippen MR) is 45.7 cm³/mol. The van der Waals surface area contributed by atoms with Gasteiger partial charge in [0, 0.05) is 43.4 Å². The van der Waals surface area contributed by atoms with Gasteiger partial charge in [0.1, 0.15) is 5.82 Å². The van der Waals surface area contributed by atoms with Crippen LogP contribution in [0.15, 0.2) is 18.5 Å². The third-order valence-electron chi connectivity index (χ3n) is 1.67. The molecule has 0 radical (unpaired) electrons. The van der Waals surface area contributed by atoms with Gasteiger partial charge in [-0.3, -0.25) is 4.98 Å². The Hall–Kier alpha value is 0.0919. The third kappa shape index (κ3) is 4.22. The van der Waals surface area contributed by atoms with Gasteiger partial charge < -0.3 is 12.7 Å². The van der Waals surface area contributed by atoms with Gasteiger partial charge in [0.15, 0.2) is 0 Å². The normalized spacial score (nSPS) is 11.9. The molecule has 4 heteroatoms. The number of rotatable bonds is 3. The van der Waals surface area contributed by atoms with E-state index < -0.39 is 0 Å². The van der Waals surface area contributed by atoms with Crippen LogP contribution in [0.2, 0.25) is 0 Å².